The molecule has 0 amide bonds. The first-order valence-electron chi connectivity index (χ1n) is 6.17. The van der Waals surface area contributed by atoms with Gasteiger partial charge in [-0.05, 0) is 12.8 Å². The van der Waals surface area contributed by atoms with Crippen molar-refractivity contribution in [3.63, 3.8) is 0 Å². The molecule has 2 spiro atoms. The molecule has 16 heavy (non-hydrogen) atoms. The van der Waals surface area contributed by atoms with Crippen molar-refractivity contribution in [2.24, 2.45) is 10.8 Å². The molecule has 0 aromatic heterocycles. The van der Waals surface area contributed by atoms with Gasteiger partial charge in [0.05, 0.1) is 20.0 Å². The number of nitrogens with one attached hydrogen (secondary N) is 1. The van der Waals surface area contributed by atoms with E-state index in [4.69, 9.17) is 4.74 Å². The van der Waals surface area contributed by atoms with Gasteiger partial charge in [-0.3, -0.25) is 14.1 Å². The lowest BCUT2D eigenvalue weighted by Gasteiger charge is -2.60. The van der Waals surface area contributed by atoms with Crippen LogP contribution in [0.2, 0.25) is 0 Å². The topological polar surface area (TPSA) is 21.3 Å². The maximum Gasteiger partial charge on any atom is 0.120 e. The zero-order valence-corrected chi connectivity index (χ0v) is 9.53. The lowest BCUT2D eigenvalue weighted by atomic mass is 9.61. The maximum absolute atomic E-state index is 12.7. The number of rotatable bonds is 2. The van der Waals surface area contributed by atoms with Crippen molar-refractivity contribution in [3.8, 4) is 0 Å². The Balaban J connectivity index is 1.59. The average Bonchev–Trinajstić information content (AvgIpc) is 2.24. The monoisotopic (exact) mass is 231 g/mol. The van der Waals surface area contributed by atoms with Crippen LogP contribution in [0.15, 0.2) is 0 Å². The normalized spacial score (nSPS) is 33.4. The van der Waals surface area contributed by atoms with Crippen LogP contribution in [0.25, 0.3) is 0 Å². The first-order chi connectivity index (χ1) is 7.66. The van der Waals surface area contributed by atoms with Crippen molar-refractivity contribution in [2.75, 3.05) is 26.5 Å². The molecule has 1 saturated heterocycles. The van der Waals surface area contributed by atoms with Crippen LogP contribution in [0.5, 0.6) is 0 Å². The Kier molecular flexibility index (Phi) is 2.31. The molecule has 2 aliphatic carbocycles. The van der Waals surface area contributed by atoms with Gasteiger partial charge < -0.3 is 4.74 Å². The van der Waals surface area contributed by atoms with Crippen molar-refractivity contribution < 1.29 is 13.5 Å². The summed E-state index contributed by atoms with van der Waals surface area (Å²) in [6, 6.07) is 0. The van der Waals surface area contributed by atoms with Gasteiger partial charge in [-0.15, -0.1) is 0 Å². The fourth-order valence-electron chi connectivity index (χ4n) is 3.35. The summed E-state index contributed by atoms with van der Waals surface area (Å²) in [5.74, 6) is 0. The average molecular weight is 231 g/mol. The van der Waals surface area contributed by atoms with Crippen LogP contribution < -0.4 is 5.32 Å². The number of ether oxygens (including phenoxy) is 1. The molecule has 3 fully saturated rings. The maximum atomic E-state index is 12.7. The second-order valence-electron chi connectivity index (χ2n) is 6.11. The van der Waals surface area contributed by atoms with E-state index in [2.05, 4.69) is 5.32 Å². The first-order valence-corrected chi connectivity index (χ1v) is 6.17. The van der Waals surface area contributed by atoms with Gasteiger partial charge in [0.1, 0.15) is 5.72 Å². The fourth-order valence-corrected chi connectivity index (χ4v) is 3.35. The van der Waals surface area contributed by atoms with E-state index >= 15 is 0 Å². The Morgan fingerprint density at radius 3 is 2.19 bits per heavy atom. The Labute approximate surface area is 94.7 Å². The summed E-state index contributed by atoms with van der Waals surface area (Å²) in [5.41, 5.74) is -0.814. The van der Waals surface area contributed by atoms with E-state index < -0.39 is 24.5 Å². The highest BCUT2D eigenvalue weighted by Gasteiger charge is 2.59. The Hall–Kier alpha value is -0.220. The van der Waals surface area contributed by atoms with E-state index in [9.17, 15) is 8.78 Å². The molecule has 4 heteroatoms. The molecule has 1 heterocycles. The SMILES string of the molecule is FCC1(CF)CC2(C1)NCC1(CCC1)CO2. The molecular formula is C12H19F2NO. The van der Waals surface area contributed by atoms with Crippen LogP contribution in [0.3, 0.4) is 0 Å². The van der Waals surface area contributed by atoms with Crippen molar-refractivity contribution in [2.45, 2.75) is 37.8 Å². The van der Waals surface area contributed by atoms with Gasteiger partial charge in [0.15, 0.2) is 0 Å². The molecule has 0 unspecified atom stereocenters. The quantitative estimate of drug-likeness (QED) is 0.786. The van der Waals surface area contributed by atoms with E-state index in [1.165, 1.54) is 19.3 Å². The second-order valence-corrected chi connectivity index (χ2v) is 6.11. The molecule has 92 valence electrons. The molecule has 0 aromatic carbocycles. The lowest BCUT2D eigenvalue weighted by Crippen LogP contribution is -2.69. The Morgan fingerprint density at radius 1 is 1.12 bits per heavy atom. The smallest absolute Gasteiger partial charge is 0.120 e. The number of halogens is 2. The third-order valence-corrected chi connectivity index (χ3v) is 4.74. The van der Waals surface area contributed by atoms with Crippen molar-refractivity contribution >= 4 is 0 Å². The molecule has 2 nitrogen and oxygen atoms in total. The highest BCUT2D eigenvalue weighted by molar-refractivity contribution is 5.07. The van der Waals surface area contributed by atoms with E-state index in [1.807, 2.05) is 0 Å². The Morgan fingerprint density at radius 2 is 1.81 bits per heavy atom. The van der Waals surface area contributed by atoms with Crippen LogP contribution >= 0.6 is 0 Å². The number of hydrogen-bond acceptors (Lipinski definition) is 2. The number of alkyl halides is 2. The largest absolute Gasteiger partial charge is 0.360 e. The predicted octanol–water partition coefficient (Wildman–Crippen LogP) is 2.19. The fraction of sp³-hybridized carbons (Fsp3) is 1.00. The summed E-state index contributed by atoms with van der Waals surface area (Å²) in [5, 5.41) is 3.39. The molecule has 2 saturated carbocycles. The molecule has 1 aliphatic heterocycles. The minimum Gasteiger partial charge on any atom is -0.360 e. The minimum atomic E-state index is -0.753. The third kappa shape index (κ3) is 1.42. The van der Waals surface area contributed by atoms with Crippen LogP contribution in [0.4, 0.5) is 8.78 Å². The van der Waals surface area contributed by atoms with E-state index in [0.29, 0.717) is 18.3 Å². The summed E-state index contributed by atoms with van der Waals surface area (Å²) >= 11 is 0. The standard InChI is InChI=1S/C12H19F2NO/c13-6-11(7-14)4-12(5-11)15-8-10(9-16-12)2-1-3-10/h15H,1-9H2. The summed E-state index contributed by atoms with van der Waals surface area (Å²) in [6.07, 6.45) is 4.73. The molecule has 0 aromatic rings. The van der Waals surface area contributed by atoms with Crippen LogP contribution in [0.1, 0.15) is 32.1 Å². The van der Waals surface area contributed by atoms with Crippen LogP contribution in [0, 0.1) is 10.8 Å². The number of hydrogen-bond donors (Lipinski definition) is 1. The molecule has 0 atom stereocenters. The summed E-state index contributed by atoms with van der Waals surface area (Å²) in [4.78, 5) is 0. The zero-order chi connectivity index (χ0) is 11.3. The van der Waals surface area contributed by atoms with E-state index in [0.717, 1.165) is 13.2 Å². The Bertz CT molecular complexity index is 267. The van der Waals surface area contributed by atoms with Crippen LogP contribution in [-0.4, -0.2) is 32.2 Å². The van der Waals surface area contributed by atoms with E-state index in [1.54, 1.807) is 0 Å². The van der Waals surface area contributed by atoms with Gasteiger partial charge >= 0.3 is 0 Å². The summed E-state index contributed by atoms with van der Waals surface area (Å²) < 4.78 is 31.3. The van der Waals surface area contributed by atoms with Crippen LogP contribution in [-0.2, 0) is 4.74 Å². The summed E-state index contributed by atoms with van der Waals surface area (Å²) in [6.45, 7) is 0.596. The molecule has 0 bridgehead atoms. The molecule has 3 rings (SSSR count). The van der Waals surface area contributed by atoms with Gasteiger partial charge in [0.25, 0.3) is 0 Å². The van der Waals surface area contributed by atoms with Gasteiger partial charge in [0.2, 0.25) is 0 Å². The second kappa shape index (κ2) is 3.39. The predicted molar refractivity (Wildman–Crippen MR) is 56.6 cm³/mol. The highest BCUT2D eigenvalue weighted by Crippen LogP contribution is 2.54. The third-order valence-electron chi connectivity index (χ3n) is 4.74. The summed E-state index contributed by atoms with van der Waals surface area (Å²) in [7, 11) is 0. The molecule has 0 radical (unpaired) electrons. The lowest BCUT2D eigenvalue weighted by molar-refractivity contribution is -0.247. The molecular weight excluding hydrogens is 212 g/mol. The van der Waals surface area contributed by atoms with E-state index in [-0.39, 0.29) is 0 Å². The van der Waals surface area contributed by atoms with Gasteiger partial charge in [0, 0.05) is 30.2 Å². The van der Waals surface area contributed by atoms with Crippen molar-refractivity contribution in [1.82, 2.24) is 5.32 Å². The van der Waals surface area contributed by atoms with Crippen molar-refractivity contribution in [1.29, 1.82) is 0 Å². The highest BCUT2D eigenvalue weighted by atomic mass is 19.1. The van der Waals surface area contributed by atoms with Gasteiger partial charge in [-0.1, -0.05) is 6.42 Å². The van der Waals surface area contributed by atoms with Crippen molar-refractivity contribution in [3.05, 3.63) is 0 Å². The van der Waals surface area contributed by atoms with Gasteiger partial charge in [-0.2, -0.15) is 0 Å². The van der Waals surface area contributed by atoms with Gasteiger partial charge in [-0.25, -0.2) is 0 Å². The first kappa shape index (κ1) is 10.9. The molecule has 1 N–H and O–H groups in total. The molecule has 3 aliphatic rings. The minimum absolute atomic E-state index is 0.342. The zero-order valence-electron chi connectivity index (χ0n) is 9.53.